The van der Waals surface area contributed by atoms with Gasteiger partial charge in [0, 0.05) is 20.2 Å². The number of nitrogens with zero attached hydrogens (tertiary/aromatic N) is 4. The van der Waals surface area contributed by atoms with Crippen LogP contribution in [0.3, 0.4) is 0 Å². The molecular formula is C15H26N4O3. The average Bonchev–Trinajstić information content (AvgIpc) is 3.04. The van der Waals surface area contributed by atoms with Crippen LogP contribution in [0.2, 0.25) is 0 Å². The minimum atomic E-state index is -0.190. The Hall–Kier alpha value is -1.47. The number of likely N-dealkylation sites (N-methyl/N-ethyl adjacent to an activating group) is 2. The van der Waals surface area contributed by atoms with Crippen LogP contribution < -0.4 is 0 Å². The van der Waals surface area contributed by atoms with Gasteiger partial charge in [0.1, 0.15) is 6.10 Å². The fraction of sp³-hybridized carbons (Fsp3) is 0.800. The Bertz CT molecular complexity index is 503. The summed E-state index contributed by atoms with van der Waals surface area (Å²) in [5, 5.41) is 3.97. The van der Waals surface area contributed by atoms with Crippen molar-refractivity contribution in [1.29, 1.82) is 0 Å². The molecule has 2 rings (SSSR count). The summed E-state index contributed by atoms with van der Waals surface area (Å²) >= 11 is 0. The predicted octanol–water partition coefficient (Wildman–Crippen LogP) is 1.47. The highest BCUT2D eigenvalue weighted by Gasteiger charge is 2.32. The van der Waals surface area contributed by atoms with Crippen molar-refractivity contribution in [3.8, 4) is 0 Å². The van der Waals surface area contributed by atoms with Gasteiger partial charge in [-0.3, -0.25) is 9.69 Å². The van der Waals surface area contributed by atoms with E-state index in [4.69, 9.17) is 9.26 Å². The molecule has 7 nitrogen and oxygen atoms in total. The highest BCUT2D eigenvalue weighted by Crippen LogP contribution is 2.18. The summed E-state index contributed by atoms with van der Waals surface area (Å²) in [7, 11) is 3.74. The molecule has 0 unspecified atom stereocenters. The molecule has 1 aliphatic heterocycles. The van der Waals surface area contributed by atoms with Gasteiger partial charge in [-0.05, 0) is 26.3 Å². The lowest BCUT2D eigenvalue weighted by Crippen LogP contribution is -2.38. The van der Waals surface area contributed by atoms with Crippen LogP contribution in [-0.2, 0) is 16.1 Å². The van der Waals surface area contributed by atoms with Crippen molar-refractivity contribution in [3.63, 3.8) is 0 Å². The van der Waals surface area contributed by atoms with E-state index in [0.29, 0.717) is 30.8 Å². The standard InChI is InChI=1S/C15H26N4O3/c1-10(2)9-21-11(3)14-16-13(22-17-14)8-19(5)12-6-7-18(4)15(12)20/h10-12H,6-9H2,1-5H3/t11-,12+/m0/s1. The zero-order valence-electron chi connectivity index (χ0n) is 14.1. The SMILES string of the molecule is CC(C)CO[C@@H](C)c1noc(CN(C)[C@@H]2CCN(C)C2=O)n1. The maximum absolute atomic E-state index is 12.0. The molecule has 0 radical (unpaired) electrons. The second-order valence-corrected chi connectivity index (χ2v) is 6.40. The van der Waals surface area contributed by atoms with Gasteiger partial charge >= 0.3 is 0 Å². The van der Waals surface area contributed by atoms with E-state index in [1.165, 1.54) is 0 Å². The molecule has 1 aromatic rings. The monoisotopic (exact) mass is 310 g/mol. The Kier molecular flexibility index (Phi) is 5.52. The molecule has 0 aromatic carbocycles. The van der Waals surface area contributed by atoms with Crippen molar-refractivity contribution in [2.45, 2.75) is 45.9 Å². The molecule has 1 amide bonds. The van der Waals surface area contributed by atoms with Crippen LogP contribution in [-0.4, -0.2) is 59.1 Å². The summed E-state index contributed by atoms with van der Waals surface area (Å²) < 4.78 is 11.0. The minimum absolute atomic E-state index is 0.102. The summed E-state index contributed by atoms with van der Waals surface area (Å²) in [5.41, 5.74) is 0. The van der Waals surface area contributed by atoms with Crippen LogP contribution >= 0.6 is 0 Å². The number of carbonyl (C=O) groups excluding carboxylic acids is 1. The third-order valence-electron chi connectivity index (χ3n) is 3.84. The third kappa shape index (κ3) is 4.04. The van der Waals surface area contributed by atoms with Gasteiger partial charge in [0.15, 0.2) is 5.82 Å². The lowest BCUT2D eigenvalue weighted by molar-refractivity contribution is -0.130. The first-order valence-corrected chi connectivity index (χ1v) is 7.77. The maximum Gasteiger partial charge on any atom is 0.240 e. The zero-order valence-corrected chi connectivity index (χ0v) is 14.1. The molecule has 0 saturated carbocycles. The summed E-state index contributed by atoms with van der Waals surface area (Å²) in [6.07, 6.45) is 0.644. The Morgan fingerprint density at radius 2 is 2.18 bits per heavy atom. The molecule has 0 spiro atoms. The Morgan fingerprint density at radius 1 is 1.45 bits per heavy atom. The zero-order chi connectivity index (χ0) is 16.3. The van der Waals surface area contributed by atoms with E-state index < -0.39 is 0 Å². The molecule has 1 aromatic heterocycles. The predicted molar refractivity (Wildman–Crippen MR) is 81.0 cm³/mol. The fourth-order valence-electron chi connectivity index (χ4n) is 2.45. The Balaban J connectivity index is 1.90. The van der Waals surface area contributed by atoms with Crippen molar-refractivity contribution in [1.82, 2.24) is 19.9 Å². The number of likely N-dealkylation sites (tertiary alicyclic amines) is 1. The molecule has 1 aliphatic rings. The molecule has 0 aliphatic carbocycles. The molecule has 124 valence electrons. The topological polar surface area (TPSA) is 71.7 Å². The molecule has 22 heavy (non-hydrogen) atoms. The van der Waals surface area contributed by atoms with E-state index in [1.807, 2.05) is 25.9 Å². The van der Waals surface area contributed by atoms with Crippen LogP contribution in [0, 0.1) is 5.92 Å². The number of carbonyl (C=O) groups is 1. The molecule has 0 N–H and O–H groups in total. The first-order valence-electron chi connectivity index (χ1n) is 7.77. The number of hydrogen-bond acceptors (Lipinski definition) is 6. The van der Waals surface area contributed by atoms with E-state index in [0.717, 1.165) is 13.0 Å². The summed E-state index contributed by atoms with van der Waals surface area (Å²) in [5.74, 6) is 1.68. The van der Waals surface area contributed by atoms with Crippen molar-refractivity contribution in [3.05, 3.63) is 11.7 Å². The highest BCUT2D eigenvalue weighted by atomic mass is 16.5. The molecule has 2 heterocycles. The first-order chi connectivity index (χ1) is 10.4. The second-order valence-electron chi connectivity index (χ2n) is 6.40. The van der Waals surface area contributed by atoms with Crippen molar-refractivity contribution in [2.24, 2.45) is 5.92 Å². The summed E-state index contributed by atoms with van der Waals surface area (Å²) in [6, 6.07) is -0.102. The first kappa shape index (κ1) is 16.9. The molecule has 2 atom stereocenters. The van der Waals surface area contributed by atoms with Crippen molar-refractivity contribution < 1.29 is 14.1 Å². The van der Waals surface area contributed by atoms with Gasteiger partial charge in [0.05, 0.1) is 12.6 Å². The van der Waals surface area contributed by atoms with Gasteiger partial charge in [-0.2, -0.15) is 4.98 Å². The Morgan fingerprint density at radius 3 is 2.77 bits per heavy atom. The Labute approximate surface area is 131 Å². The van der Waals surface area contributed by atoms with E-state index >= 15 is 0 Å². The van der Waals surface area contributed by atoms with Gasteiger partial charge in [0.2, 0.25) is 11.8 Å². The second kappa shape index (κ2) is 7.19. The van der Waals surface area contributed by atoms with E-state index in [2.05, 4.69) is 24.0 Å². The van der Waals surface area contributed by atoms with Gasteiger partial charge in [-0.25, -0.2) is 0 Å². The minimum Gasteiger partial charge on any atom is -0.370 e. The summed E-state index contributed by atoms with van der Waals surface area (Å²) in [4.78, 5) is 20.1. The molecule has 0 bridgehead atoms. The van der Waals surface area contributed by atoms with Gasteiger partial charge in [-0.15, -0.1) is 0 Å². The van der Waals surface area contributed by atoms with Crippen LogP contribution in [0.25, 0.3) is 0 Å². The lowest BCUT2D eigenvalue weighted by atomic mass is 10.2. The largest absolute Gasteiger partial charge is 0.370 e. The number of hydrogen-bond donors (Lipinski definition) is 0. The quantitative estimate of drug-likeness (QED) is 0.759. The van der Waals surface area contributed by atoms with Crippen molar-refractivity contribution >= 4 is 5.91 Å². The number of ether oxygens (including phenoxy) is 1. The van der Waals surface area contributed by atoms with Crippen LogP contribution in [0.5, 0.6) is 0 Å². The average molecular weight is 310 g/mol. The highest BCUT2D eigenvalue weighted by molar-refractivity contribution is 5.83. The van der Waals surface area contributed by atoms with E-state index in [-0.39, 0.29) is 18.1 Å². The smallest absolute Gasteiger partial charge is 0.240 e. The van der Waals surface area contributed by atoms with Gasteiger partial charge < -0.3 is 14.2 Å². The van der Waals surface area contributed by atoms with Gasteiger partial charge in [0.25, 0.3) is 0 Å². The number of rotatable bonds is 7. The van der Waals surface area contributed by atoms with Crippen LogP contribution in [0.1, 0.15) is 45.0 Å². The molecule has 1 saturated heterocycles. The van der Waals surface area contributed by atoms with E-state index in [9.17, 15) is 4.79 Å². The van der Waals surface area contributed by atoms with Gasteiger partial charge in [-0.1, -0.05) is 19.0 Å². The van der Waals surface area contributed by atoms with Crippen LogP contribution in [0.15, 0.2) is 4.52 Å². The fourth-order valence-corrected chi connectivity index (χ4v) is 2.45. The molecule has 7 heteroatoms. The normalized spacial score (nSPS) is 20.4. The molecule has 1 fully saturated rings. The number of aromatic nitrogens is 2. The van der Waals surface area contributed by atoms with E-state index in [1.54, 1.807) is 4.90 Å². The summed E-state index contributed by atoms with van der Waals surface area (Å²) in [6.45, 7) is 8.03. The lowest BCUT2D eigenvalue weighted by Gasteiger charge is -2.20. The maximum atomic E-state index is 12.0. The molecular weight excluding hydrogens is 284 g/mol. The number of amides is 1. The van der Waals surface area contributed by atoms with Crippen molar-refractivity contribution in [2.75, 3.05) is 27.2 Å². The third-order valence-corrected chi connectivity index (χ3v) is 3.84. The van der Waals surface area contributed by atoms with Crippen LogP contribution in [0.4, 0.5) is 0 Å².